The molecule has 0 unspecified atom stereocenters. The van der Waals surface area contributed by atoms with E-state index >= 15 is 0 Å². The Morgan fingerprint density at radius 1 is 1.47 bits per heavy atom. The van der Waals surface area contributed by atoms with E-state index in [9.17, 15) is 4.79 Å². The third-order valence-electron chi connectivity index (χ3n) is 1.91. The molecule has 0 atom stereocenters. The average molecular weight is 210 g/mol. The fraction of sp³-hybridized carbons (Fsp3) is 0.636. The van der Waals surface area contributed by atoms with Crippen LogP contribution in [0.2, 0.25) is 0 Å². The van der Waals surface area contributed by atoms with Gasteiger partial charge in [-0.1, -0.05) is 6.92 Å². The van der Waals surface area contributed by atoms with Gasteiger partial charge in [0, 0.05) is 18.7 Å². The van der Waals surface area contributed by atoms with Crippen LogP contribution in [0.15, 0.2) is 10.9 Å². The maximum absolute atomic E-state index is 11.6. The molecule has 0 amide bonds. The third kappa shape index (κ3) is 3.08. The molecule has 0 aliphatic carbocycles. The van der Waals surface area contributed by atoms with Crippen molar-refractivity contribution in [1.29, 1.82) is 0 Å². The molecule has 1 aromatic rings. The van der Waals surface area contributed by atoms with E-state index < -0.39 is 0 Å². The molecule has 1 aromatic heterocycles. The van der Waals surface area contributed by atoms with Crippen LogP contribution in [0.3, 0.4) is 0 Å². The van der Waals surface area contributed by atoms with Gasteiger partial charge in [0.15, 0.2) is 0 Å². The van der Waals surface area contributed by atoms with Gasteiger partial charge in [0.2, 0.25) is 5.88 Å². The van der Waals surface area contributed by atoms with Crippen LogP contribution >= 0.6 is 0 Å². The maximum Gasteiger partial charge on any atom is 0.269 e. The molecule has 0 saturated heterocycles. The minimum atomic E-state index is -0.296. The van der Waals surface area contributed by atoms with E-state index in [0.29, 0.717) is 12.3 Å². The second kappa shape index (κ2) is 4.04. The Bertz CT molecular complexity index is 402. The summed E-state index contributed by atoms with van der Waals surface area (Å²) in [6.45, 7) is 7.79. The molecule has 4 heteroatoms. The molecule has 0 saturated carbocycles. The minimum Gasteiger partial charge on any atom is -0.471 e. The van der Waals surface area contributed by atoms with Gasteiger partial charge in [0.05, 0.1) is 0 Å². The first-order valence-electron chi connectivity index (χ1n) is 5.09. The van der Waals surface area contributed by atoms with Crippen molar-refractivity contribution in [3.63, 3.8) is 0 Å². The smallest absolute Gasteiger partial charge is 0.269 e. The molecule has 0 fully saturated rings. The van der Waals surface area contributed by atoms with Gasteiger partial charge in [0.25, 0.3) is 5.56 Å². The van der Waals surface area contributed by atoms with Crippen LogP contribution in [0, 0.1) is 0 Å². The normalized spacial score (nSPS) is 11.5. The summed E-state index contributed by atoms with van der Waals surface area (Å²) in [5.74, 6) is 0.501. The summed E-state index contributed by atoms with van der Waals surface area (Å²) in [4.78, 5) is 11.6. The second-order valence-corrected chi connectivity index (χ2v) is 4.50. The van der Waals surface area contributed by atoms with Crippen LogP contribution < -0.4 is 10.3 Å². The summed E-state index contributed by atoms with van der Waals surface area (Å²) in [7, 11) is 1.64. The molecular weight excluding hydrogens is 192 g/mol. The lowest BCUT2D eigenvalue weighted by Gasteiger charge is -2.20. The van der Waals surface area contributed by atoms with Crippen LogP contribution in [0.25, 0.3) is 0 Å². The van der Waals surface area contributed by atoms with Gasteiger partial charge in [0.1, 0.15) is 5.60 Å². The highest BCUT2D eigenvalue weighted by atomic mass is 16.5. The fourth-order valence-corrected chi connectivity index (χ4v) is 1.26. The van der Waals surface area contributed by atoms with Gasteiger partial charge in [-0.3, -0.25) is 4.79 Å². The number of hydrogen-bond donors (Lipinski definition) is 0. The highest BCUT2D eigenvalue weighted by molar-refractivity contribution is 5.18. The van der Waals surface area contributed by atoms with Gasteiger partial charge >= 0.3 is 0 Å². The van der Waals surface area contributed by atoms with Crippen LogP contribution in [-0.4, -0.2) is 15.4 Å². The zero-order chi connectivity index (χ0) is 11.6. The Balaban J connectivity index is 3.12. The van der Waals surface area contributed by atoms with Gasteiger partial charge in [-0.05, 0) is 27.2 Å². The lowest BCUT2D eigenvalue weighted by atomic mass is 10.2. The molecular formula is C11H18N2O2. The molecule has 15 heavy (non-hydrogen) atoms. The predicted octanol–water partition coefficient (Wildman–Crippen LogP) is 1.52. The van der Waals surface area contributed by atoms with Gasteiger partial charge < -0.3 is 4.74 Å². The highest BCUT2D eigenvalue weighted by Crippen LogP contribution is 2.14. The van der Waals surface area contributed by atoms with E-state index in [2.05, 4.69) is 5.10 Å². The summed E-state index contributed by atoms with van der Waals surface area (Å²) < 4.78 is 6.93. The Kier molecular flexibility index (Phi) is 3.17. The lowest BCUT2D eigenvalue weighted by Crippen LogP contribution is -2.28. The van der Waals surface area contributed by atoms with Crippen molar-refractivity contribution in [3.8, 4) is 5.88 Å². The number of aromatic nitrogens is 2. The molecule has 0 aliphatic heterocycles. The molecule has 84 valence electrons. The van der Waals surface area contributed by atoms with E-state index in [0.717, 1.165) is 5.56 Å². The number of ether oxygens (including phenoxy) is 1. The standard InChI is InChI=1S/C11H18N2O2/c1-6-8-7-9(15-11(2,3)4)12-13(5)10(8)14/h7H,6H2,1-5H3. The number of hydrogen-bond acceptors (Lipinski definition) is 3. The first-order chi connectivity index (χ1) is 6.83. The molecule has 0 spiro atoms. The van der Waals surface area contributed by atoms with E-state index in [1.165, 1.54) is 4.68 Å². The SMILES string of the molecule is CCc1cc(OC(C)(C)C)nn(C)c1=O. The lowest BCUT2D eigenvalue weighted by molar-refractivity contribution is 0.120. The highest BCUT2D eigenvalue weighted by Gasteiger charge is 2.14. The number of nitrogens with zero attached hydrogens (tertiary/aromatic N) is 2. The van der Waals surface area contributed by atoms with Gasteiger partial charge in [-0.15, -0.1) is 5.10 Å². The van der Waals surface area contributed by atoms with Crippen molar-refractivity contribution in [2.75, 3.05) is 0 Å². The number of rotatable bonds is 2. The Morgan fingerprint density at radius 3 is 2.53 bits per heavy atom. The monoisotopic (exact) mass is 210 g/mol. The maximum atomic E-state index is 11.6. The van der Waals surface area contributed by atoms with Crippen LogP contribution in [0.1, 0.15) is 33.3 Å². The summed E-state index contributed by atoms with van der Waals surface area (Å²) in [5.41, 5.74) is 0.376. The molecule has 0 bridgehead atoms. The minimum absolute atomic E-state index is 0.0567. The Hall–Kier alpha value is -1.32. The van der Waals surface area contributed by atoms with E-state index in [1.54, 1.807) is 13.1 Å². The van der Waals surface area contributed by atoms with Crippen LogP contribution in [0.4, 0.5) is 0 Å². The number of aryl methyl sites for hydroxylation is 2. The van der Waals surface area contributed by atoms with Crippen molar-refractivity contribution in [3.05, 3.63) is 22.0 Å². The van der Waals surface area contributed by atoms with E-state index in [-0.39, 0.29) is 11.2 Å². The van der Waals surface area contributed by atoms with Crippen molar-refractivity contribution in [1.82, 2.24) is 9.78 Å². The first-order valence-corrected chi connectivity index (χ1v) is 5.09. The summed E-state index contributed by atoms with van der Waals surface area (Å²) in [6, 6.07) is 1.72. The quantitative estimate of drug-likeness (QED) is 0.743. The van der Waals surface area contributed by atoms with Crippen molar-refractivity contribution < 1.29 is 4.74 Å². The summed E-state index contributed by atoms with van der Waals surface area (Å²) >= 11 is 0. The average Bonchev–Trinajstić information content (AvgIpc) is 2.08. The van der Waals surface area contributed by atoms with Crippen LogP contribution in [0.5, 0.6) is 5.88 Å². The summed E-state index contributed by atoms with van der Waals surface area (Å²) in [6.07, 6.45) is 0.690. The van der Waals surface area contributed by atoms with Gasteiger partial charge in [-0.2, -0.15) is 0 Å². The molecule has 1 rings (SSSR count). The molecule has 0 N–H and O–H groups in total. The molecule has 0 radical (unpaired) electrons. The molecule has 1 heterocycles. The van der Waals surface area contributed by atoms with Crippen molar-refractivity contribution >= 4 is 0 Å². The predicted molar refractivity (Wildman–Crippen MR) is 59.2 cm³/mol. The fourth-order valence-electron chi connectivity index (χ4n) is 1.26. The molecule has 0 aromatic carbocycles. The zero-order valence-electron chi connectivity index (χ0n) is 10.00. The zero-order valence-corrected chi connectivity index (χ0v) is 10.00. The van der Waals surface area contributed by atoms with Crippen molar-refractivity contribution in [2.24, 2.45) is 7.05 Å². The van der Waals surface area contributed by atoms with Gasteiger partial charge in [-0.25, -0.2) is 4.68 Å². The Morgan fingerprint density at radius 2 is 2.07 bits per heavy atom. The van der Waals surface area contributed by atoms with E-state index in [1.807, 2.05) is 27.7 Å². The molecule has 4 nitrogen and oxygen atoms in total. The Labute approximate surface area is 89.9 Å². The topological polar surface area (TPSA) is 44.1 Å². The second-order valence-electron chi connectivity index (χ2n) is 4.50. The van der Waals surface area contributed by atoms with Crippen molar-refractivity contribution in [2.45, 2.75) is 39.7 Å². The molecule has 0 aliphatic rings. The van der Waals surface area contributed by atoms with Crippen LogP contribution in [-0.2, 0) is 13.5 Å². The van der Waals surface area contributed by atoms with E-state index in [4.69, 9.17) is 4.74 Å². The largest absolute Gasteiger partial charge is 0.471 e. The third-order valence-corrected chi connectivity index (χ3v) is 1.91. The summed E-state index contributed by atoms with van der Waals surface area (Å²) in [5, 5.41) is 4.05. The first kappa shape index (κ1) is 11.8.